The summed E-state index contributed by atoms with van der Waals surface area (Å²) in [5, 5.41) is 8.76. The van der Waals surface area contributed by atoms with Crippen molar-refractivity contribution in [3.8, 4) is 6.07 Å². The van der Waals surface area contributed by atoms with E-state index in [0.29, 0.717) is 0 Å². The van der Waals surface area contributed by atoms with Gasteiger partial charge in [-0.25, -0.2) is 4.79 Å². The fraction of sp³-hybridized carbons (Fsp3) is 0.400. The van der Waals surface area contributed by atoms with Gasteiger partial charge in [-0.3, -0.25) is 4.99 Å². The van der Waals surface area contributed by atoms with E-state index in [1.54, 1.807) is 0 Å². The number of hydrogen-bond donors (Lipinski definition) is 0. The minimum Gasteiger partial charge on any atom is -0.451 e. The van der Waals surface area contributed by atoms with Crippen LogP contribution in [-0.4, -0.2) is 23.3 Å². The van der Waals surface area contributed by atoms with Crippen molar-refractivity contribution in [1.82, 2.24) is 0 Å². The molecule has 0 amide bonds. The first-order chi connectivity index (χ1) is 9.14. The van der Waals surface area contributed by atoms with Crippen LogP contribution in [0, 0.1) is 11.3 Å². The zero-order valence-electron chi connectivity index (χ0n) is 10.7. The highest BCUT2D eigenvalue weighted by molar-refractivity contribution is 6.11. The van der Waals surface area contributed by atoms with E-state index in [-0.39, 0.29) is 12.4 Å². The predicted octanol–water partition coefficient (Wildman–Crippen LogP) is 2.02. The third kappa shape index (κ3) is 1.82. The highest BCUT2D eigenvalue weighted by Crippen LogP contribution is 2.35. The Hall–Kier alpha value is -2.15. The Labute approximate surface area is 111 Å². The maximum atomic E-state index is 11.9. The summed E-state index contributed by atoms with van der Waals surface area (Å²) in [6, 6.07) is 9.36. The quantitative estimate of drug-likeness (QED) is 0.720. The average molecular weight is 254 g/mol. The molecular formula is C15H14N2O2. The number of hydrogen-bond acceptors (Lipinski definition) is 4. The predicted molar refractivity (Wildman–Crippen MR) is 69.8 cm³/mol. The number of nitriles is 1. The zero-order chi connectivity index (χ0) is 13.5. The van der Waals surface area contributed by atoms with Crippen molar-refractivity contribution < 1.29 is 9.53 Å². The molecule has 4 nitrogen and oxygen atoms in total. The van der Waals surface area contributed by atoms with Gasteiger partial charge in [0.05, 0.1) is 18.2 Å². The number of ether oxygens (including phenoxy) is 1. The average Bonchev–Trinajstić information content (AvgIpc) is 2.40. The van der Waals surface area contributed by atoms with Crippen LogP contribution < -0.4 is 0 Å². The first-order valence-corrected chi connectivity index (χ1v) is 6.40. The second-order valence-electron chi connectivity index (χ2n) is 5.16. The van der Waals surface area contributed by atoms with E-state index >= 15 is 0 Å². The molecule has 0 saturated carbocycles. The molecule has 0 aromatic heterocycles. The molecular weight excluding hydrogens is 240 g/mol. The number of carbonyl (C=O) groups is 1. The van der Waals surface area contributed by atoms with E-state index in [1.165, 1.54) is 5.56 Å². The number of aryl methyl sites for hydroxylation is 1. The van der Waals surface area contributed by atoms with Gasteiger partial charge >= 0.3 is 5.97 Å². The summed E-state index contributed by atoms with van der Waals surface area (Å²) in [6.07, 6.45) is 1.69. The van der Waals surface area contributed by atoms with Gasteiger partial charge in [-0.1, -0.05) is 24.3 Å². The van der Waals surface area contributed by atoms with Gasteiger partial charge in [-0.15, -0.1) is 0 Å². The van der Waals surface area contributed by atoms with Crippen LogP contribution in [0.5, 0.6) is 0 Å². The van der Waals surface area contributed by atoms with Crippen LogP contribution >= 0.6 is 0 Å². The van der Waals surface area contributed by atoms with Crippen molar-refractivity contribution in [1.29, 1.82) is 5.26 Å². The molecule has 0 unspecified atom stereocenters. The number of aliphatic imine (C=N–C) groups is 1. The van der Waals surface area contributed by atoms with Crippen LogP contribution in [-0.2, 0) is 16.0 Å². The van der Waals surface area contributed by atoms with Crippen molar-refractivity contribution in [2.24, 2.45) is 4.99 Å². The molecule has 1 aromatic rings. The SMILES string of the molecule is C[C@@]12CCc3ccccc3C1=N[C@H](CC#N)C(=O)O2. The first-order valence-electron chi connectivity index (χ1n) is 6.40. The molecule has 4 heteroatoms. The van der Waals surface area contributed by atoms with Crippen molar-refractivity contribution in [2.75, 3.05) is 0 Å². The Morgan fingerprint density at radius 1 is 1.53 bits per heavy atom. The second kappa shape index (κ2) is 4.20. The van der Waals surface area contributed by atoms with Gasteiger partial charge in [0.25, 0.3) is 0 Å². The summed E-state index contributed by atoms with van der Waals surface area (Å²) in [5.41, 5.74) is 2.45. The molecule has 0 bridgehead atoms. The van der Waals surface area contributed by atoms with Crippen LogP contribution in [0.25, 0.3) is 0 Å². The summed E-state index contributed by atoms with van der Waals surface area (Å²) in [4.78, 5) is 16.4. The Balaban J connectivity index is 2.12. The number of nitrogens with zero attached hydrogens (tertiary/aromatic N) is 2. The molecule has 1 aliphatic heterocycles. The highest BCUT2D eigenvalue weighted by Gasteiger charge is 2.44. The lowest BCUT2D eigenvalue weighted by Crippen LogP contribution is -2.50. The van der Waals surface area contributed by atoms with Gasteiger partial charge in [-0.05, 0) is 25.3 Å². The van der Waals surface area contributed by atoms with Gasteiger partial charge in [0.1, 0.15) is 0 Å². The lowest BCUT2D eigenvalue weighted by molar-refractivity contribution is -0.156. The van der Waals surface area contributed by atoms with Gasteiger partial charge in [0.15, 0.2) is 11.6 Å². The van der Waals surface area contributed by atoms with E-state index in [0.717, 1.165) is 24.1 Å². The molecule has 2 atom stereocenters. The Bertz CT molecular complexity index is 615. The molecule has 19 heavy (non-hydrogen) atoms. The molecule has 1 heterocycles. The lowest BCUT2D eigenvalue weighted by atomic mass is 9.78. The number of benzene rings is 1. The monoisotopic (exact) mass is 254 g/mol. The molecule has 1 aromatic carbocycles. The Morgan fingerprint density at radius 3 is 3.11 bits per heavy atom. The van der Waals surface area contributed by atoms with Crippen molar-refractivity contribution in [3.05, 3.63) is 35.4 Å². The fourth-order valence-corrected chi connectivity index (χ4v) is 2.77. The molecule has 0 fully saturated rings. The van der Waals surface area contributed by atoms with E-state index in [4.69, 9.17) is 10.00 Å². The van der Waals surface area contributed by atoms with E-state index in [1.807, 2.05) is 31.2 Å². The van der Waals surface area contributed by atoms with Gasteiger partial charge < -0.3 is 4.74 Å². The fourth-order valence-electron chi connectivity index (χ4n) is 2.77. The lowest BCUT2D eigenvalue weighted by Gasteiger charge is -2.39. The van der Waals surface area contributed by atoms with Crippen LogP contribution in [0.2, 0.25) is 0 Å². The maximum Gasteiger partial charge on any atom is 0.332 e. The van der Waals surface area contributed by atoms with Crippen molar-refractivity contribution in [3.63, 3.8) is 0 Å². The van der Waals surface area contributed by atoms with Crippen LogP contribution in [0.1, 0.15) is 30.9 Å². The highest BCUT2D eigenvalue weighted by atomic mass is 16.6. The normalized spacial score (nSPS) is 28.5. The summed E-state index contributed by atoms with van der Waals surface area (Å²) >= 11 is 0. The van der Waals surface area contributed by atoms with Crippen LogP contribution in [0.3, 0.4) is 0 Å². The topological polar surface area (TPSA) is 62.5 Å². The molecule has 2 aliphatic rings. The Morgan fingerprint density at radius 2 is 2.32 bits per heavy atom. The van der Waals surface area contributed by atoms with Crippen molar-refractivity contribution >= 4 is 11.7 Å². The molecule has 96 valence electrons. The summed E-state index contributed by atoms with van der Waals surface area (Å²) in [5.74, 6) is -0.382. The molecule has 1 aliphatic carbocycles. The van der Waals surface area contributed by atoms with Gasteiger partial charge in [0, 0.05) is 5.56 Å². The van der Waals surface area contributed by atoms with E-state index < -0.39 is 11.6 Å². The van der Waals surface area contributed by atoms with Crippen molar-refractivity contribution in [2.45, 2.75) is 37.8 Å². The summed E-state index contributed by atoms with van der Waals surface area (Å²) < 4.78 is 5.58. The third-order valence-corrected chi connectivity index (χ3v) is 3.81. The first kappa shape index (κ1) is 11.9. The summed E-state index contributed by atoms with van der Waals surface area (Å²) in [7, 11) is 0. The minimum atomic E-state index is -0.681. The van der Waals surface area contributed by atoms with E-state index in [9.17, 15) is 4.79 Å². The molecule has 0 radical (unpaired) electrons. The molecule has 0 saturated heterocycles. The zero-order valence-corrected chi connectivity index (χ0v) is 10.7. The molecule has 3 rings (SSSR count). The number of rotatable bonds is 1. The van der Waals surface area contributed by atoms with E-state index in [2.05, 4.69) is 11.1 Å². The minimum absolute atomic E-state index is 0.0700. The van der Waals surface area contributed by atoms with Crippen LogP contribution in [0.4, 0.5) is 0 Å². The third-order valence-electron chi connectivity index (χ3n) is 3.81. The number of esters is 1. The molecule has 0 spiro atoms. The molecule has 0 N–H and O–H groups in total. The van der Waals surface area contributed by atoms with Crippen LogP contribution in [0.15, 0.2) is 29.3 Å². The number of fused-ring (bicyclic) bond motifs is 3. The Kier molecular flexibility index (Phi) is 2.63. The van der Waals surface area contributed by atoms with Gasteiger partial charge in [0.2, 0.25) is 0 Å². The maximum absolute atomic E-state index is 11.9. The standard InChI is InChI=1S/C15H14N2O2/c1-15-8-6-10-4-2-3-5-11(10)13(15)17-12(7-9-16)14(18)19-15/h2-5,12H,6-8H2,1H3/t12-,15-/m1/s1. The van der Waals surface area contributed by atoms with Gasteiger partial charge in [-0.2, -0.15) is 5.26 Å². The summed E-state index contributed by atoms with van der Waals surface area (Å²) in [6.45, 7) is 1.91. The second-order valence-corrected chi connectivity index (χ2v) is 5.16. The smallest absolute Gasteiger partial charge is 0.332 e. The largest absolute Gasteiger partial charge is 0.451 e. The number of carbonyl (C=O) groups excluding carboxylic acids is 1.